The summed E-state index contributed by atoms with van der Waals surface area (Å²) >= 11 is 0. The molecule has 4 heterocycles. The summed E-state index contributed by atoms with van der Waals surface area (Å²) < 4.78 is 7.23. The molecule has 582 valence electrons. The fourth-order valence-electron chi connectivity index (χ4n) is 18.6. The first-order valence-corrected chi connectivity index (χ1v) is 42.2. The molecule has 0 aliphatic heterocycles. The van der Waals surface area contributed by atoms with Gasteiger partial charge < -0.3 is 28.4 Å². The van der Waals surface area contributed by atoms with E-state index in [0.717, 1.165) is 174 Å². The first kappa shape index (κ1) is 72.5. The maximum atomic E-state index is 5.81. The molecule has 0 bridgehead atoms. The van der Waals surface area contributed by atoms with Crippen LogP contribution in [0.1, 0.15) is 0 Å². The summed E-state index contributed by atoms with van der Waals surface area (Å²) in [7, 11) is 0. The number of aromatic nitrogens is 5. The van der Waals surface area contributed by atoms with Crippen LogP contribution in [0, 0.1) is 0 Å². The number of rotatable bonds is 18. The van der Waals surface area contributed by atoms with E-state index < -0.39 is 0 Å². The van der Waals surface area contributed by atoms with Crippen molar-refractivity contribution in [3.8, 4) is 84.2 Å². The van der Waals surface area contributed by atoms with Gasteiger partial charge in [-0.05, 0) is 257 Å². The number of anilines is 9. The average Bonchev–Trinajstić information content (AvgIpc) is 1.57. The highest BCUT2D eigenvalue weighted by Gasteiger charge is 2.24. The summed E-state index contributed by atoms with van der Waals surface area (Å²) in [5.41, 5.74) is 32.3. The lowest BCUT2D eigenvalue weighted by atomic mass is 9.99. The Morgan fingerprint density at radius 2 is 0.403 bits per heavy atom. The lowest BCUT2D eigenvalue weighted by molar-refractivity contribution is 1.17. The highest BCUT2D eigenvalue weighted by Crippen LogP contribution is 2.46. The molecule has 4 aromatic heterocycles. The molecule has 0 unspecified atom stereocenters. The minimum absolute atomic E-state index is 0.628. The van der Waals surface area contributed by atoms with Crippen LogP contribution in [0.25, 0.3) is 161 Å². The molecule has 23 rings (SSSR count). The molecule has 0 amide bonds. The van der Waals surface area contributed by atoms with Gasteiger partial charge in [-0.3, -0.25) is 0 Å². The molecule has 0 atom stereocenters. The minimum atomic E-state index is 0.628. The fourth-order valence-corrected chi connectivity index (χ4v) is 18.6. The summed E-state index contributed by atoms with van der Waals surface area (Å²) in [6, 6.07) is 171. The topological polar surface area (TPSA) is 50.3 Å². The van der Waals surface area contributed by atoms with Crippen molar-refractivity contribution in [2.45, 2.75) is 0 Å². The van der Waals surface area contributed by atoms with Crippen LogP contribution in [0.15, 0.2) is 473 Å². The minimum Gasteiger partial charge on any atom is -0.311 e. The van der Waals surface area contributed by atoms with Gasteiger partial charge >= 0.3 is 0 Å². The van der Waals surface area contributed by atoms with Crippen LogP contribution in [0.4, 0.5) is 51.2 Å². The van der Waals surface area contributed by atoms with Gasteiger partial charge in [0.1, 0.15) is 0 Å². The van der Waals surface area contributed by atoms with Crippen molar-refractivity contribution >= 4 is 128 Å². The molecule has 0 fully saturated rings. The molecule has 0 saturated carbocycles. The third-order valence-corrected chi connectivity index (χ3v) is 24.4. The van der Waals surface area contributed by atoms with Crippen LogP contribution in [-0.2, 0) is 0 Å². The van der Waals surface area contributed by atoms with Crippen molar-refractivity contribution in [3.05, 3.63) is 473 Å². The van der Waals surface area contributed by atoms with Crippen LogP contribution >= 0.6 is 0 Å². The Labute approximate surface area is 718 Å². The monoisotopic (exact) mass is 1580 g/mol. The van der Waals surface area contributed by atoms with E-state index in [1.807, 2.05) is 0 Å². The zero-order valence-electron chi connectivity index (χ0n) is 67.6. The molecule has 23 aromatic rings. The molecule has 8 heteroatoms. The van der Waals surface area contributed by atoms with E-state index in [4.69, 9.17) is 9.97 Å². The standard InChI is InChI=1S/C116H78N8/c1-7-31-89(32-8-1)119(90-33-9-2-10-34-90)95-62-52-79(53-63-95)83-59-69-112-104(75-83)101-46-19-22-49-109(101)122(112)98-43-25-28-82(72-98)86-58-68-108-107(78-86)115(87-29-26-44-99(73-87)123-110-50-23-20-47-102(110)105-76-84(60-70-113(105)123)80-54-64-96(65-55-80)120(91-35-11-3-12-36-91)92-37-13-4-14-38-92)118-116(117-108)88-30-27-45-100(74-88)124-111-51-24-21-48-103(111)106-77-85(61-71-114(106)124)81-56-66-97(67-57-81)121(93-39-15-5-16-40-93)94-41-17-6-18-42-94/h1-78H. The van der Waals surface area contributed by atoms with Gasteiger partial charge in [0.2, 0.25) is 0 Å². The van der Waals surface area contributed by atoms with Crippen LogP contribution < -0.4 is 14.7 Å². The van der Waals surface area contributed by atoms with Gasteiger partial charge in [0.15, 0.2) is 5.82 Å². The number of hydrogen-bond donors (Lipinski definition) is 0. The Kier molecular flexibility index (Phi) is 18.1. The van der Waals surface area contributed by atoms with Crippen molar-refractivity contribution in [1.82, 2.24) is 23.7 Å². The highest BCUT2D eigenvalue weighted by atomic mass is 15.2. The zero-order valence-corrected chi connectivity index (χ0v) is 67.6. The van der Waals surface area contributed by atoms with Crippen molar-refractivity contribution in [1.29, 1.82) is 0 Å². The van der Waals surface area contributed by atoms with Gasteiger partial charge in [0.25, 0.3) is 0 Å². The third-order valence-electron chi connectivity index (χ3n) is 24.4. The summed E-state index contributed by atoms with van der Waals surface area (Å²) in [4.78, 5) is 18.3. The quantitative estimate of drug-likeness (QED) is 0.0857. The molecule has 0 aliphatic carbocycles. The van der Waals surface area contributed by atoms with E-state index in [0.29, 0.717) is 5.82 Å². The maximum Gasteiger partial charge on any atom is 0.160 e. The Bertz CT molecular complexity index is 7830. The molecule has 0 radical (unpaired) electrons. The van der Waals surface area contributed by atoms with Gasteiger partial charge in [-0.2, -0.15) is 0 Å². The van der Waals surface area contributed by atoms with E-state index in [1.54, 1.807) is 0 Å². The van der Waals surface area contributed by atoms with Crippen LogP contribution in [0.5, 0.6) is 0 Å². The van der Waals surface area contributed by atoms with Gasteiger partial charge in [-0.25, -0.2) is 9.97 Å². The SMILES string of the molecule is c1ccc(N(c2ccccc2)c2ccc(-c3ccc4c(c3)c3ccccc3n4-c3cccc(-c4ccc5nc(-c6cccc(-n7c8ccccc8c8cc(-c9ccc(N(c%10ccccc%10)c%10ccccc%10)cc9)ccc87)c6)nc(-c6cccc(-n7c8ccccc8c8cc(-c9ccc(N(c%10ccccc%10)c%10ccccc%10)cc9)ccc87)c6)c5c4)c3)cc2)cc1. The van der Waals surface area contributed by atoms with Crippen LogP contribution in [0.3, 0.4) is 0 Å². The lowest BCUT2D eigenvalue weighted by Gasteiger charge is -2.25. The second-order valence-corrected chi connectivity index (χ2v) is 31.7. The first-order valence-electron chi connectivity index (χ1n) is 42.2. The molecule has 124 heavy (non-hydrogen) atoms. The van der Waals surface area contributed by atoms with E-state index in [9.17, 15) is 0 Å². The van der Waals surface area contributed by atoms with Crippen molar-refractivity contribution in [3.63, 3.8) is 0 Å². The third kappa shape index (κ3) is 13.1. The molecule has 19 aromatic carbocycles. The fraction of sp³-hybridized carbons (Fsp3) is 0. The average molecular weight is 1580 g/mol. The summed E-state index contributed by atoms with van der Waals surface area (Å²) in [6.45, 7) is 0. The highest BCUT2D eigenvalue weighted by molar-refractivity contribution is 6.14. The summed E-state index contributed by atoms with van der Waals surface area (Å²) in [5, 5.41) is 8.01. The molecular weight excluding hydrogens is 1510 g/mol. The molecule has 0 aliphatic rings. The number of fused-ring (bicyclic) bond motifs is 10. The Balaban J connectivity index is 0.625. The number of nitrogens with zero attached hydrogens (tertiary/aromatic N) is 8. The molecule has 0 spiro atoms. The largest absolute Gasteiger partial charge is 0.311 e. The number of benzene rings is 19. The molecule has 8 nitrogen and oxygen atoms in total. The van der Waals surface area contributed by atoms with E-state index in [1.165, 1.54) is 32.3 Å². The number of para-hydroxylation sites is 9. The Hall–Kier alpha value is -16.7. The van der Waals surface area contributed by atoms with Gasteiger partial charge in [-0.1, -0.05) is 261 Å². The number of hydrogen-bond acceptors (Lipinski definition) is 5. The predicted octanol–water partition coefficient (Wildman–Crippen LogP) is 31.3. The van der Waals surface area contributed by atoms with E-state index >= 15 is 0 Å². The Morgan fingerprint density at radius 1 is 0.153 bits per heavy atom. The molecule has 0 saturated heterocycles. The molecular formula is C116H78N8. The smallest absolute Gasteiger partial charge is 0.160 e. The van der Waals surface area contributed by atoms with Crippen molar-refractivity contribution < 1.29 is 0 Å². The van der Waals surface area contributed by atoms with Crippen LogP contribution in [0.2, 0.25) is 0 Å². The summed E-state index contributed by atoms with van der Waals surface area (Å²) in [6.07, 6.45) is 0. The van der Waals surface area contributed by atoms with Crippen molar-refractivity contribution in [2.75, 3.05) is 14.7 Å². The van der Waals surface area contributed by atoms with Crippen molar-refractivity contribution in [2.24, 2.45) is 0 Å². The summed E-state index contributed by atoms with van der Waals surface area (Å²) in [5.74, 6) is 0.628. The van der Waals surface area contributed by atoms with Gasteiger partial charge in [0.05, 0.1) is 44.3 Å². The van der Waals surface area contributed by atoms with Gasteiger partial charge in [-0.15, -0.1) is 0 Å². The van der Waals surface area contributed by atoms with Gasteiger partial charge in [0, 0.05) is 117 Å². The second-order valence-electron chi connectivity index (χ2n) is 31.7. The van der Waals surface area contributed by atoms with E-state index in [-0.39, 0.29) is 0 Å². The van der Waals surface area contributed by atoms with Crippen LogP contribution in [-0.4, -0.2) is 23.7 Å². The normalized spacial score (nSPS) is 11.5. The predicted molar refractivity (Wildman–Crippen MR) is 519 cm³/mol. The van der Waals surface area contributed by atoms with E-state index in [2.05, 4.69) is 502 Å². The maximum absolute atomic E-state index is 5.81. The lowest BCUT2D eigenvalue weighted by Crippen LogP contribution is -2.09. The Morgan fingerprint density at radius 3 is 0.758 bits per heavy atom. The second kappa shape index (κ2) is 30.9. The molecule has 0 N–H and O–H groups in total. The zero-order chi connectivity index (χ0) is 82.0. The first-order chi connectivity index (χ1) is 61.5.